The van der Waals surface area contributed by atoms with Gasteiger partial charge in [0.15, 0.2) is 0 Å². The molecule has 0 bridgehead atoms. The van der Waals surface area contributed by atoms with Gasteiger partial charge in [-0.2, -0.15) is 0 Å². The molecule has 0 N–H and O–H groups in total. The number of fused-ring (bicyclic) bond motifs is 1. The first-order chi connectivity index (χ1) is 7.48. The minimum Gasteiger partial charge on any atom is -0.469 e. The summed E-state index contributed by atoms with van der Waals surface area (Å²) >= 11 is 0. The van der Waals surface area contributed by atoms with Gasteiger partial charge in [-0.25, -0.2) is 0 Å². The van der Waals surface area contributed by atoms with Crippen LogP contribution in [0.3, 0.4) is 0 Å². The van der Waals surface area contributed by atoms with Gasteiger partial charge in [0, 0.05) is 6.42 Å². The van der Waals surface area contributed by atoms with Crippen LogP contribution in [0, 0.1) is 18.3 Å². The van der Waals surface area contributed by atoms with Crippen molar-refractivity contribution in [3.63, 3.8) is 0 Å². The third-order valence-corrected chi connectivity index (χ3v) is 4.00. The van der Waals surface area contributed by atoms with E-state index in [0.29, 0.717) is 5.92 Å². The van der Waals surface area contributed by atoms with Crippen molar-refractivity contribution in [3.05, 3.63) is 48.0 Å². The van der Waals surface area contributed by atoms with Crippen LogP contribution in [0.2, 0.25) is 0 Å². The van der Waals surface area contributed by atoms with Gasteiger partial charge in [-0.1, -0.05) is 25.2 Å². The van der Waals surface area contributed by atoms with Crippen molar-refractivity contribution in [2.75, 3.05) is 0 Å². The Morgan fingerprint density at radius 3 is 2.88 bits per heavy atom. The third kappa shape index (κ3) is 1.55. The van der Waals surface area contributed by atoms with E-state index < -0.39 is 0 Å². The van der Waals surface area contributed by atoms with Crippen molar-refractivity contribution in [1.82, 2.24) is 0 Å². The van der Waals surface area contributed by atoms with E-state index in [1.54, 1.807) is 0 Å². The average Bonchev–Trinajstić information content (AvgIpc) is 2.58. The molecule has 86 valence electrons. The lowest BCUT2D eigenvalue weighted by atomic mass is 9.65. The quantitative estimate of drug-likeness (QED) is 0.679. The highest BCUT2D eigenvalue weighted by molar-refractivity contribution is 5.34. The van der Waals surface area contributed by atoms with Gasteiger partial charge in [0.2, 0.25) is 0 Å². The molecule has 0 aliphatic heterocycles. The Balaban J connectivity index is 2.46. The zero-order valence-electron chi connectivity index (χ0n) is 10.5. The molecule has 0 aromatic carbocycles. The Morgan fingerprint density at radius 2 is 2.31 bits per heavy atom. The molecule has 1 aliphatic rings. The van der Waals surface area contributed by atoms with Gasteiger partial charge in [-0.05, 0) is 42.7 Å². The van der Waals surface area contributed by atoms with Crippen LogP contribution in [0.25, 0.3) is 0 Å². The van der Waals surface area contributed by atoms with Crippen LogP contribution in [0.15, 0.2) is 35.5 Å². The summed E-state index contributed by atoms with van der Waals surface area (Å²) in [7, 11) is 0. The summed E-state index contributed by atoms with van der Waals surface area (Å²) in [4.78, 5) is 0. The summed E-state index contributed by atoms with van der Waals surface area (Å²) < 4.78 is 5.63. The molecule has 1 aromatic rings. The summed E-state index contributed by atoms with van der Waals surface area (Å²) in [6, 6.07) is 0. The SMILES string of the molecule is C=C[C@]1(C)Cc2occ(C)c2CC1C(=C)C. The molecule has 0 saturated heterocycles. The van der Waals surface area contributed by atoms with Crippen LogP contribution >= 0.6 is 0 Å². The van der Waals surface area contributed by atoms with E-state index in [1.165, 1.54) is 16.7 Å². The molecule has 1 aromatic heterocycles. The van der Waals surface area contributed by atoms with Gasteiger partial charge >= 0.3 is 0 Å². The first-order valence-corrected chi connectivity index (χ1v) is 5.83. The first kappa shape index (κ1) is 11.3. The number of aryl methyl sites for hydroxylation is 1. The van der Waals surface area contributed by atoms with Crippen LogP contribution in [-0.2, 0) is 12.8 Å². The monoisotopic (exact) mass is 216 g/mol. The molecule has 2 atom stereocenters. The molecule has 1 aliphatic carbocycles. The van der Waals surface area contributed by atoms with Crippen molar-refractivity contribution in [3.8, 4) is 0 Å². The summed E-state index contributed by atoms with van der Waals surface area (Å²) in [6.45, 7) is 14.6. The third-order valence-electron chi connectivity index (χ3n) is 4.00. The molecular weight excluding hydrogens is 196 g/mol. The minimum atomic E-state index is 0.0864. The van der Waals surface area contributed by atoms with Crippen LogP contribution in [0.1, 0.15) is 30.7 Å². The van der Waals surface area contributed by atoms with E-state index >= 15 is 0 Å². The lowest BCUT2D eigenvalue weighted by Crippen LogP contribution is -2.34. The number of rotatable bonds is 2. The Kier molecular flexibility index (Phi) is 2.57. The zero-order chi connectivity index (χ0) is 11.9. The van der Waals surface area contributed by atoms with Crippen molar-refractivity contribution >= 4 is 0 Å². The Bertz CT molecular complexity index is 438. The lowest BCUT2D eigenvalue weighted by molar-refractivity contribution is 0.248. The molecule has 0 fully saturated rings. The Morgan fingerprint density at radius 1 is 1.62 bits per heavy atom. The second-order valence-corrected chi connectivity index (χ2v) is 5.31. The maximum atomic E-state index is 5.63. The van der Waals surface area contributed by atoms with E-state index in [1.807, 2.05) is 6.26 Å². The molecule has 1 heteroatoms. The lowest BCUT2D eigenvalue weighted by Gasteiger charge is -2.39. The molecule has 1 unspecified atom stereocenters. The van der Waals surface area contributed by atoms with E-state index in [-0.39, 0.29) is 5.41 Å². The van der Waals surface area contributed by atoms with Gasteiger partial charge in [0.05, 0.1) is 6.26 Å². The van der Waals surface area contributed by atoms with Gasteiger partial charge in [0.1, 0.15) is 5.76 Å². The molecule has 0 radical (unpaired) electrons. The minimum absolute atomic E-state index is 0.0864. The van der Waals surface area contributed by atoms with Crippen LogP contribution < -0.4 is 0 Å². The maximum Gasteiger partial charge on any atom is 0.108 e. The van der Waals surface area contributed by atoms with Crippen molar-refractivity contribution in [1.29, 1.82) is 0 Å². The summed E-state index contributed by atoms with van der Waals surface area (Å²) in [6.07, 6.45) is 5.91. The normalized spacial score (nSPS) is 28.6. The molecule has 2 rings (SSSR count). The molecule has 0 spiro atoms. The smallest absolute Gasteiger partial charge is 0.108 e. The number of allylic oxidation sites excluding steroid dienone is 2. The average molecular weight is 216 g/mol. The van der Waals surface area contributed by atoms with Crippen LogP contribution in [-0.4, -0.2) is 0 Å². The van der Waals surface area contributed by atoms with Crippen molar-refractivity contribution in [2.45, 2.75) is 33.6 Å². The largest absolute Gasteiger partial charge is 0.469 e. The summed E-state index contributed by atoms with van der Waals surface area (Å²) in [5, 5.41) is 0. The molecule has 16 heavy (non-hydrogen) atoms. The van der Waals surface area contributed by atoms with E-state index in [4.69, 9.17) is 4.42 Å². The molecular formula is C15H20O. The fourth-order valence-electron chi connectivity index (χ4n) is 2.80. The highest BCUT2D eigenvalue weighted by atomic mass is 16.3. The number of furan rings is 1. The van der Waals surface area contributed by atoms with E-state index in [0.717, 1.165) is 18.6 Å². The van der Waals surface area contributed by atoms with E-state index in [2.05, 4.69) is 40.0 Å². The van der Waals surface area contributed by atoms with Crippen LogP contribution in [0.4, 0.5) is 0 Å². The fourth-order valence-corrected chi connectivity index (χ4v) is 2.80. The summed E-state index contributed by atoms with van der Waals surface area (Å²) in [5.74, 6) is 1.62. The van der Waals surface area contributed by atoms with Gasteiger partial charge in [0.25, 0.3) is 0 Å². The highest BCUT2D eigenvalue weighted by Gasteiger charge is 2.39. The summed E-state index contributed by atoms with van der Waals surface area (Å²) in [5.41, 5.74) is 3.98. The maximum absolute atomic E-state index is 5.63. The topological polar surface area (TPSA) is 13.1 Å². The van der Waals surface area contributed by atoms with Gasteiger partial charge in [-0.3, -0.25) is 0 Å². The fraction of sp³-hybridized carbons (Fsp3) is 0.467. The standard InChI is InChI=1S/C15H20O/c1-6-15(5)8-14-12(11(4)9-16-14)7-13(15)10(2)3/h6,9,13H,1-2,7-8H2,3-5H3/t13?,15-/m1/s1. The molecule has 1 heterocycles. The Labute approximate surface area is 97.9 Å². The van der Waals surface area contributed by atoms with Crippen molar-refractivity contribution in [2.24, 2.45) is 11.3 Å². The molecule has 1 nitrogen and oxygen atoms in total. The second kappa shape index (κ2) is 3.65. The predicted octanol–water partition coefficient (Wildman–Crippen LogP) is 4.07. The van der Waals surface area contributed by atoms with Crippen molar-refractivity contribution < 1.29 is 4.42 Å². The first-order valence-electron chi connectivity index (χ1n) is 5.83. The Hall–Kier alpha value is -1.24. The van der Waals surface area contributed by atoms with Gasteiger partial charge < -0.3 is 4.42 Å². The predicted molar refractivity (Wildman–Crippen MR) is 67.5 cm³/mol. The molecule has 0 saturated carbocycles. The highest BCUT2D eigenvalue weighted by Crippen LogP contribution is 2.45. The number of hydrogen-bond acceptors (Lipinski definition) is 1. The van der Waals surface area contributed by atoms with Crippen LogP contribution in [0.5, 0.6) is 0 Å². The van der Waals surface area contributed by atoms with E-state index in [9.17, 15) is 0 Å². The van der Waals surface area contributed by atoms with Gasteiger partial charge in [-0.15, -0.1) is 6.58 Å². The number of hydrogen-bond donors (Lipinski definition) is 0. The zero-order valence-corrected chi connectivity index (χ0v) is 10.5. The molecule has 0 amide bonds. The second-order valence-electron chi connectivity index (χ2n) is 5.31.